The smallest absolute Gasteiger partial charge is 0.124 e. The molecule has 0 amide bonds. The quantitative estimate of drug-likeness (QED) is 0.887. The number of nitrogens with zero attached hydrogens (tertiary/aromatic N) is 1. The van der Waals surface area contributed by atoms with Crippen LogP contribution in [0.3, 0.4) is 0 Å². The maximum atomic E-state index is 6.70. The molecule has 0 unspecified atom stereocenters. The van der Waals surface area contributed by atoms with E-state index in [-0.39, 0.29) is 5.60 Å². The molecule has 1 fully saturated rings. The Kier molecular flexibility index (Phi) is 5.37. The molecule has 0 radical (unpaired) electrons. The molecule has 0 atom stereocenters. The highest BCUT2D eigenvalue weighted by molar-refractivity contribution is 5.36. The largest absolute Gasteiger partial charge is 0.496 e. The third-order valence-corrected chi connectivity index (χ3v) is 6.10. The van der Waals surface area contributed by atoms with E-state index in [2.05, 4.69) is 53.7 Å². The van der Waals surface area contributed by atoms with Crippen LogP contribution in [0.5, 0.6) is 11.5 Å². The summed E-state index contributed by atoms with van der Waals surface area (Å²) in [6, 6.07) is 17.5. The van der Waals surface area contributed by atoms with Crippen LogP contribution >= 0.6 is 0 Å². The second-order valence-corrected chi connectivity index (χ2v) is 7.91. The van der Waals surface area contributed by atoms with E-state index in [9.17, 15) is 0 Å². The van der Waals surface area contributed by atoms with Gasteiger partial charge < -0.3 is 14.8 Å². The van der Waals surface area contributed by atoms with E-state index >= 15 is 0 Å². The van der Waals surface area contributed by atoms with E-state index < -0.39 is 0 Å². The normalized spacial score (nSPS) is 25.5. The van der Waals surface area contributed by atoms with Crippen LogP contribution in [-0.2, 0) is 13.1 Å². The SMILES string of the molecule is CNC1CCC2(CC1)CN(Cc1ccccc1OC)Cc1ccccc1O2. The molecular weight excluding hydrogens is 336 g/mol. The summed E-state index contributed by atoms with van der Waals surface area (Å²) in [6.45, 7) is 2.74. The first kappa shape index (κ1) is 18.3. The molecule has 2 aromatic rings. The summed E-state index contributed by atoms with van der Waals surface area (Å²) in [5, 5.41) is 3.44. The highest BCUT2D eigenvalue weighted by Crippen LogP contribution is 2.39. The molecule has 1 aliphatic heterocycles. The lowest BCUT2D eigenvalue weighted by molar-refractivity contribution is -0.00333. The van der Waals surface area contributed by atoms with Gasteiger partial charge in [0.1, 0.15) is 17.1 Å². The number of ether oxygens (including phenoxy) is 2. The fourth-order valence-electron chi connectivity index (χ4n) is 4.58. The third-order valence-electron chi connectivity index (χ3n) is 6.10. The van der Waals surface area contributed by atoms with Crippen molar-refractivity contribution in [2.45, 2.75) is 50.4 Å². The fraction of sp³-hybridized carbons (Fsp3) is 0.478. The van der Waals surface area contributed by atoms with Gasteiger partial charge in [-0.2, -0.15) is 0 Å². The van der Waals surface area contributed by atoms with Crippen LogP contribution in [0.4, 0.5) is 0 Å². The lowest BCUT2D eigenvalue weighted by atomic mass is 9.81. The Balaban J connectivity index is 1.62. The van der Waals surface area contributed by atoms with Gasteiger partial charge in [0.15, 0.2) is 0 Å². The average Bonchev–Trinajstić information content (AvgIpc) is 2.85. The zero-order chi connectivity index (χ0) is 18.7. The number of nitrogens with one attached hydrogen (secondary N) is 1. The molecule has 4 rings (SSSR count). The number of rotatable bonds is 4. The van der Waals surface area contributed by atoms with E-state index in [0.717, 1.165) is 44.0 Å². The summed E-state index contributed by atoms with van der Waals surface area (Å²) in [5.41, 5.74) is 2.42. The Hall–Kier alpha value is -2.04. The van der Waals surface area contributed by atoms with Crippen LogP contribution in [0.1, 0.15) is 36.8 Å². The molecule has 1 heterocycles. The monoisotopic (exact) mass is 366 g/mol. The van der Waals surface area contributed by atoms with Crippen LogP contribution in [0, 0.1) is 0 Å². The zero-order valence-electron chi connectivity index (χ0n) is 16.4. The molecule has 1 spiro atoms. The van der Waals surface area contributed by atoms with Gasteiger partial charge in [-0.15, -0.1) is 0 Å². The van der Waals surface area contributed by atoms with Gasteiger partial charge in [0, 0.05) is 36.8 Å². The molecule has 0 saturated heterocycles. The molecule has 2 aliphatic rings. The molecule has 0 bridgehead atoms. The molecule has 1 aliphatic carbocycles. The summed E-state index contributed by atoms with van der Waals surface area (Å²) in [7, 11) is 3.82. The van der Waals surface area contributed by atoms with E-state index in [1.165, 1.54) is 24.0 Å². The molecule has 27 heavy (non-hydrogen) atoms. The molecule has 144 valence electrons. The summed E-state index contributed by atoms with van der Waals surface area (Å²) in [5.74, 6) is 2.02. The Morgan fingerprint density at radius 1 is 1.11 bits per heavy atom. The van der Waals surface area contributed by atoms with Crippen molar-refractivity contribution in [2.75, 3.05) is 20.7 Å². The fourth-order valence-corrected chi connectivity index (χ4v) is 4.58. The van der Waals surface area contributed by atoms with Crippen LogP contribution in [0.2, 0.25) is 0 Å². The first-order chi connectivity index (χ1) is 13.2. The molecular formula is C23H30N2O2. The molecule has 0 aromatic heterocycles. The first-order valence-electron chi connectivity index (χ1n) is 10.00. The number of methoxy groups -OCH3 is 1. The predicted octanol–water partition coefficient (Wildman–Crippen LogP) is 3.99. The van der Waals surface area contributed by atoms with Crippen molar-refractivity contribution < 1.29 is 9.47 Å². The summed E-state index contributed by atoms with van der Waals surface area (Å²) in [6.07, 6.45) is 4.52. The molecule has 4 heteroatoms. The Labute approximate surface area is 162 Å². The molecule has 4 nitrogen and oxygen atoms in total. The standard InChI is InChI=1S/C23H30N2O2/c1-24-20-11-13-23(14-12-20)17-25(15-18-7-3-5-9-21(18)26-2)16-19-8-4-6-10-22(19)27-23/h3-10,20,24H,11-17H2,1-2H3. The summed E-state index contributed by atoms with van der Waals surface area (Å²) < 4.78 is 12.3. The highest BCUT2D eigenvalue weighted by Gasteiger charge is 2.40. The van der Waals surface area contributed by atoms with E-state index in [4.69, 9.17) is 9.47 Å². The number of fused-ring (bicyclic) bond motifs is 1. The van der Waals surface area contributed by atoms with E-state index in [1.54, 1.807) is 7.11 Å². The number of para-hydroxylation sites is 2. The second-order valence-electron chi connectivity index (χ2n) is 7.91. The van der Waals surface area contributed by atoms with Crippen molar-refractivity contribution in [1.29, 1.82) is 0 Å². The Morgan fingerprint density at radius 2 is 1.85 bits per heavy atom. The highest BCUT2D eigenvalue weighted by atomic mass is 16.5. The van der Waals surface area contributed by atoms with Gasteiger partial charge in [0.2, 0.25) is 0 Å². The lowest BCUT2D eigenvalue weighted by Gasteiger charge is -2.41. The summed E-state index contributed by atoms with van der Waals surface area (Å²) in [4.78, 5) is 2.53. The van der Waals surface area contributed by atoms with Crippen LogP contribution in [0.25, 0.3) is 0 Å². The van der Waals surface area contributed by atoms with Crippen LogP contribution in [0.15, 0.2) is 48.5 Å². The van der Waals surface area contributed by atoms with Crippen LogP contribution < -0.4 is 14.8 Å². The average molecular weight is 367 g/mol. The van der Waals surface area contributed by atoms with Gasteiger partial charge in [0.25, 0.3) is 0 Å². The maximum Gasteiger partial charge on any atom is 0.124 e. The zero-order valence-corrected chi connectivity index (χ0v) is 16.4. The predicted molar refractivity (Wildman–Crippen MR) is 108 cm³/mol. The van der Waals surface area contributed by atoms with Gasteiger partial charge in [0.05, 0.1) is 7.11 Å². The van der Waals surface area contributed by atoms with Gasteiger partial charge in [-0.05, 0) is 44.9 Å². The van der Waals surface area contributed by atoms with E-state index in [0.29, 0.717) is 6.04 Å². The topological polar surface area (TPSA) is 33.7 Å². The van der Waals surface area contributed by atoms with Gasteiger partial charge in [-0.25, -0.2) is 0 Å². The minimum absolute atomic E-state index is 0.0953. The Bertz CT molecular complexity index is 768. The van der Waals surface area contributed by atoms with Gasteiger partial charge >= 0.3 is 0 Å². The Morgan fingerprint density at radius 3 is 2.63 bits per heavy atom. The van der Waals surface area contributed by atoms with Gasteiger partial charge in [-0.1, -0.05) is 36.4 Å². The lowest BCUT2D eigenvalue weighted by Crippen LogP contribution is -2.50. The van der Waals surface area contributed by atoms with Crippen molar-refractivity contribution >= 4 is 0 Å². The number of hydrogen-bond donors (Lipinski definition) is 1. The molecule has 1 N–H and O–H groups in total. The van der Waals surface area contributed by atoms with Crippen molar-refractivity contribution in [3.63, 3.8) is 0 Å². The van der Waals surface area contributed by atoms with Gasteiger partial charge in [-0.3, -0.25) is 4.90 Å². The van der Waals surface area contributed by atoms with E-state index in [1.807, 2.05) is 12.1 Å². The number of benzene rings is 2. The van der Waals surface area contributed by atoms with Crippen LogP contribution in [-0.4, -0.2) is 37.2 Å². The van der Waals surface area contributed by atoms with Crippen molar-refractivity contribution in [2.24, 2.45) is 0 Å². The maximum absolute atomic E-state index is 6.70. The third kappa shape index (κ3) is 3.97. The molecule has 1 saturated carbocycles. The van der Waals surface area contributed by atoms with Crippen molar-refractivity contribution in [1.82, 2.24) is 10.2 Å². The summed E-state index contributed by atoms with van der Waals surface area (Å²) >= 11 is 0. The minimum atomic E-state index is -0.0953. The number of hydrogen-bond acceptors (Lipinski definition) is 4. The second kappa shape index (κ2) is 7.91. The molecule has 2 aromatic carbocycles. The first-order valence-corrected chi connectivity index (χ1v) is 10.00. The van der Waals surface area contributed by atoms with Crippen molar-refractivity contribution in [3.8, 4) is 11.5 Å². The minimum Gasteiger partial charge on any atom is -0.496 e. The van der Waals surface area contributed by atoms with Crippen molar-refractivity contribution in [3.05, 3.63) is 59.7 Å².